The van der Waals surface area contributed by atoms with Gasteiger partial charge in [0.05, 0.1) is 112 Å². The number of nitrogens with zero attached hydrogens (tertiary/aromatic N) is 15. The molecule has 686 valence electrons. The Hall–Kier alpha value is -1.28. The molecule has 0 aromatic carbocycles. The third-order valence-electron chi connectivity index (χ3n) is 21.3. The molecule has 0 aliphatic carbocycles. The van der Waals surface area contributed by atoms with Crippen molar-refractivity contribution in [1.29, 1.82) is 0 Å². The summed E-state index contributed by atoms with van der Waals surface area (Å²) < 4.78 is 96.1. The van der Waals surface area contributed by atoms with Crippen molar-refractivity contribution in [3.8, 4) is 0 Å². The fraction of sp³-hybridized carbons (Fsp3) is 1.00. The third kappa shape index (κ3) is 68.3. The first kappa shape index (κ1) is 113. The predicted octanol–water partition coefficient (Wildman–Crippen LogP) is 0.676. The lowest BCUT2D eigenvalue weighted by atomic mass is 10.2. The summed E-state index contributed by atoms with van der Waals surface area (Å²) >= 11 is 0. The Morgan fingerprint density at radius 2 is 0.149 bits per heavy atom. The number of ether oxygens (including phenoxy) is 17. The standard InChI is InChI=1S/C82H181N15O17/c1-98-66-49-83(22-19-25-86(51-68-100-3)52-69-101-4)21-18-23-84(28-36-90(55-72-104-7)43-46-95(60-77-109-12)61-78-110-13)27-30-88(33-38-92(57-74-106-9)42-41-91(56-73-105-8)37-29-85(50-67-99-2)24-20-26-87(53-70-102-5)54-71-103-6)31-32-89(34-39-93(58-75-107-10)44-47-96(62-79-111-14)63-80-112-15)35-40-94(59-76-108-11)45-48-97(64-81-113-16)65-82-114-17/h18-82H2,1-17H3. The molecule has 0 N–H and O–H groups in total. The van der Waals surface area contributed by atoms with Crippen molar-refractivity contribution in [2.75, 3.05) is 528 Å². The highest BCUT2D eigenvalue weighted by Gasteiger charge is 2.22. The first-order chi connectivity index (χ1) is 55.9. The van der Waals surface area contributed by atoms with E-state index in [2.05, 4.69) is 73.5 Å². The summed E-state index contributed by atoms with van der Waals surface area (Å²) in [6, 6.07) is 0. The molecule has 32 nitrogen and oxygen atoms in total. The van der Waals surface area contributed by atoms with E-state index in [9.17, 15) is 0 Å². The molecule has 0 aromatic rings. The van der Waals surface area contributed by atoms with Crippen LogP contribution in [0.2, 0.25) is 0 Å². The molecule has 0 heterocycles. The molecule has 0 aliphatic heterocycles. The van der Waals surface area contributed by atoms with Crippen molar-refractivity contribution in [2.45, 2.75) is 19.3 Å². The summed E-state index contributed by atoms with van der Waals surface area (Å²) in [5, 5.41) is 0. The molecule has 0 amide bonds. The maximum atomic E-state index is 5.93. The van der Waals surface area contributed by atoms with Crippen LogP contribution in [0, 0.1) is 0 Å². The van der Waals surface area contributed by atoms with Gasteiger partial charge in [0.15, 0.2) is 0 Å². The Bertz CT molecular complexity index is 1820. The number of hydrogen-bond donors (Lipinski definition) is 0. The highest BCUT2D eigenvalue weighted by molar-refractivity contribution is 4.78. The average Bonchev–Trinajstić information content (AvgIpc) is 0.911. The topological polar surface area (TPSA) is 206 Å². The molecule has 0 radical (unpaired) electrons. The lowest BCUT2D eigenvalue weighted by Crippen LogP contribution is -2.49. The lowest BCUT2D eigenvalue weighted by molar-refractivity contribution is 0.0823. The summed E-state index contributed by atoms with van der Waals surface area (Å²) in [5.41, 5.74) is 0. The van der Waals surface area contributed by atoms with E-state index < -0.39 is 0 Å². The maximum absolute atomic E-state index is 5.93. The Morgan fingerprint density at radius 1 is 0.0877 bits per heavy atom. The van der Waals surface area contributed by atoms with Gasteiger partial charge >= 0.3 is 0 Å². The van der Waals surface area contributed by atoms with Crippen LogP contribution in [0.15, 0.2) is 0 Å². The van der Waals surface area contributed by atoms with E-state index in [1.54, 1.807) is 78.2 Å². The van der Waals surface area contributed by atoms with Gasteiger partial charge in [-0.1, -0.05) is 0 Å². The van der Waals surface area contributed by atoms with E-state index >= 15 is 0 Å². The highest BCUT2D eigenvalue weighted by Crippen LogP contribution is 2.09. The van der Waals surface area contributed by atoms with Gasteiger partial charge in [-0.2, -0.15) is 0 Å². The molecule has 0 bridgehead atoms. The van der Waals surface area contributed by atoms with E-state index in [0.29, 0.717) is 112 Å². The zero-order valence-electron chi connectivity index (χ0n) is 76.6. The van der Waals surface area contributed by atoms with Crippen molar-refractivity contribution < 1.29 is 80.5 Å². The fourth-order valence-electron chi connectivity index (χ4n) is 13.4. The van der Waals surface area contributed by atoms with Crippen molar-refractivity contribution in [2.24, 2.45) is 0 Å². The van der Waals surface area contributed by atoms with Crippen LogP contribution in [-0.4, -0.2) is 601 Å². The largest absolute Gasteiger partial charge is 0.383 e. The van der Waals surface area contributed by atoms with Gasteiger partial charge in [-0.3, -0.25) is 63.7 Å². The smallest absolute Gasteiger partial charge is 0.0589 e. The van der Waals surface area contributed by atoms with E-state index in [1.165, 1.54) is 0 Å². The molecule has 0 aromatic heterocycles. The quantitative estimate of drug-likeness (QED) is 0.0821. The van der Waals surface area contributed by atoms with Crippen LogP contribution in [0.5, 0.6) is 0 Å². The van der Waals surface area contributed by atoms with Gasteiger partial charge in [-0.05, 0) is 58.5 Å². The highest BCUT2D eigenvalue weighted by atomic mass is 16.5. The molecule has 0 spiro atoms. The summed E-state index contributed by atoms with van der Waals surface area (Å²) in [4.78, 5) is 38.8. The lowest BCUT2D eigenvalue weighted by Gasteiger charge is -2.35. The van der Waals surface area contributed by atoms with Crippen LogP contribution < -0.4 is 0 Å². The number of rotatable bonds is 96. The predicted molar refractivity (Wildman–Crippen MR) is 462 cm³/mol. The maximum Gasteiger partial charge on any atom is 0.0589 e. The van der Waals surface area contributed by atoms with Gasteiger partial charge in [0.1, 0.15) is 0 Å². The molecular weight excluding hydrogens is 1470 g/mol. The van der Waals surface area contributed by atoms with Crippen LogP contribution in [0.3, 0.4) is 0 Å². The van der Waals surface area contributed by atoms with E-state index in [1.807, 2.05) is 42.7 Å². The number of hydrogen-bond acceptors (Lipinski definition) is 32. The number of methoxy groups -OCH3 is 17. The Labute approximate surface area is 698 Å². The van der Waals surface area contributed by atoms with Gasteiger partial charge in [0, 0.05) is 376 Å². The molecule has 0 atom stereocenters. The fourth-order valence-corrected chi connectivity index (χ4v) is 13.4. The molecule has 0 aliphatic rings. The third-order valence-corrected chi connectivity index (χ3v) is 21.3. The van der Waals surface area contributed by atoms with Crippen LogP contribution in [0.4, 0.5) is 0 Å². The minimum Gasteiger partial charge on any atom is -0.383 e. The Morgan fingerprint density at radius 3 is 0.254 bits per heavy atom. The zero-order chi connectivity index (χ0) is 83.6. The first-order valence-electron chi connectivity index (χ1n) is 43.1. The Kier molecular flexibility index (Phi) is 85.7. The minimum atomic E-state index is 0.653. The summed E-state index contributed by atoms with van der Waals surface area (Å²) in [5.74, 6) is 0. The van der Waals surface area contributed by atoms with Crippen molar-refractivity contribution in [3.05, 3.63) is 0 Å². The van der Waals surface area contributed by atoms with Gasteiger partial charge in [0.25, 0.3) is 0 Å². The first-order valence-corrected chi connectivity index (χ1v) is 43.1. The molecule has 0 fully saturated rings. The normalized spacial score (nSPS) is 12.6. The summed E-state index contributed by atoms with van der Waals surface area (Å²) in [6.07, 6.45) is 3.15. The zero-order valence-corrected chi connectivity index (χ0v) is 76.6. The summed E-state index contributed by atoms with van der Waals surface area (Å²) in [6.45, 7) is 52.4. The van der Waals surface area contributed by atoms with Crippen LogP contribution in [0.1, 0.15) is 19.3 Å². The van der Waals surface area contributed by atoms with Crippen molar-refractivity contribution >= 4 is 0 Å². The average molecular weight is 1650 g/mol. The second kappa shape index (κ2) is 86.7. The van der Waals surface area contributed by atoms with Crippen LogP contribution in [0.25, 0.3) is 0 Å². The van der Waals surface area contributed by atoms with Crippen LogP contribution in [-0.2, 0) is 80.5 Å². The van der Waals surface area contributed by atoms with Gasteiger partial charge in [0.2, 0.25) is 0 Å². The van der Waals surface area contributed by atoms with E-state index in [4.69, 9.17) is 80.5 Å². The minimum absolute atomic E-state index is 0.653. The van der Waals surface area contributed by atoms with Crippen molar-refractivity contribution in [3.63, 3.8) is 0 Å². The monoisotopic (exact) mass is 1650 g/mol. The van der Waals surface area contributed by atoms with Crippen LogP contribution >= 0.6 is 0 Å². The van der Waals surface area contributed by atoms with Crippen molar-refractivity contribution in [1.82, 2.24) is 73.5 Å². The Balaban J connectivity index is 8.10. The second-order valence-electron chi connectivity index (χ2n) is 29.6. The molecule has 114 heavy (non-hydrogen) atoms. The molecule has 0 saturated carbocycles. The van der Waals surface area contributed by atoms with Gasteiger partial charge in [-0.25, -0.2) is 0 Å². The van der Waals surface area contributed by atoms with E-state index in [-0.39, 0.29) is 0 Å². The van der Waals surface area contributed by atoms with Gasteiger partial charge in [-0.15, -0.1) is 0 Å². The second-order valence-corrected chi connectivity index (χ2v) is 29.6. The van der Waals surface area contributed by atoms with Gasteiger partial charge < -0.3 is 90.3 Å². The summed E-state index contributed by atoms with van der Waals surface area (Å²) in [7, 11) is 30.5. The molecule has 0 saturated heterocycles. The molecular formula is C82H181N15O17. The molecule has 32 heteroatoms. The van der Waals surface area contributed by atoms with E-state index in [0.717, 1.165) is 314 Å². The molecule has 0 unspecified atom stereocenters. The molecule has 0 rings (SSSR count). The SMILES string of the molecule is COCCN(CCCN(CCOC)CCOC)CCCN(CCN(CCOC)CCN(CCOC)CCOC)CCN(CCN(CCOC)CCN(CCOC)CCN(CCCN(CCOC)CCOC)CCOC)CCN(CCN(CCOC)CCN(CCOC)CCOC)CCN(CCOC)CCN(CCOC)CCOC.